The van der Waals surface area contributed by atoms with Gasteiger partial charge in [0.15, 0.2) is 8.67 Å². The molecule has 0 heterocycles. The molecule has 10 atom stereocenters. The van der Waals surface area contributed by atoms with Crippen LogP contribution >= 0.6 is 151 Å². The maximum atomic E-state index is 12.2. The molecule has 67 heavy (non-hydrogen) atoms. The Morgan fingerprint density at radius 2 is 0.746 bits per heavy atom. The summed E-state index contributed by atoms with van der Waals surface area (Å²) < 4.78 is 6.93. The van der Waals surface area contributed by atoms with Gasteiger partial charge in [0.1, 0.15) is 19.5 Å². The lowest BCUT2D eigenvalue weighted by atomic mass is 9.75. The average Bonchev–Trinajstić information content (AvgIpc) is 3.61. The van der Waals surface area contributed by atoms with E-state index in [-0.39, 0.29) is 54.4 Å². The molecule has 0 spiro atoms. The van der Waals surface area contributed by atoms with Crippen molar-refractivity contribution >= 4 is 163 Å². The van der Waals surface area contributed by atoms with Crippen LogP contribution in [-0.2, 0) is 19.1 Å². The molecule has 0 amide bonds. The molecular weight excluding hydrogens is 1120 g/mol. The van der Waals surface area contributed by atoms with Crippen molar-refractivity contribution in [1.82, 2.24) is 0 Å². The third-order valence-electron chi connectivity index (χ3n) is 15.0. The number of carbonyl (C=O) groups excluding carboxylic acids is 2. The van der Waals surface area contributed by atoms with Crippen LogP contribution in [0.2, 0.25) is 0 Å². The van der Waals surface area contributed by atoms with Crippen LogP contribution in [0.15, 0.2) is 20.1 Å². The van der Waals surface area contributed by atoms with E-state index in [0.717, 1.165) is 103 Å². The van der Waals surface area contributed by atoms with Gasteiger partial charge in [0, 0.05) is 35.2 Å². The highest BCUT2D eigenvalue weighted by molar-refractivity contribution is 8.00. The lowest BCUT2D eigenvalue weighted by Gasteiger charge is -2.46. The minimum Gasteiger partial charge on any atom is -0.466 e. The first-order valence-electron chi connectivity index (χ1n) is 25.3. The van der Waals surface area contributed by atoms with Crippen molar-refractivity contribution in [3.8, 4) is 0 Å². The number of rotatable bonds is 34. The minimum absolute atomic E-state index is 0.186. The van der Waals surface area contributed by atoms with Gasteiger partial charge in [-0.05, 0) is 64.2 Å². The number of allylic oxidation sites excluding steroid dienone is 4. The number of hydrogen-bond acceptors (Lipinski definition) is 5. The number of alkyl halides is 8. The number of unbranched alkanes of at least 4 members (excludes halogenated alkanes) is 16. The van der Waals surface area contributed by atoms with Crippen molar-refractivity contribution in [2.75, 3.05) is 13.2 Å². The molecule has 0 aromatic heterocycles. The fraction of sp³-hybridized carbons (Fsp3) is 0.880. The van der Waals surface area contributed by atoms with E-state index in [1.165, 1.54) is 12.8 Å². The van der Waals surface area contributed by atoms with Crippen molar-refractivity contribution in [3.63, 3.8) is 0 Å². The molecule has 2 fully saturated rings. The van der Waals surface area contributed by atoms with E-state index in [0.29, 0.717) is 64.6 Å². The summed E-state index contributed by atoms with van der Waals surface area (Å²) in [6.45, 7) is 8.76. The lowest BCUT2D eigenvalue weighted by Crippen LogP contribution is -2.48. The maximum Gasteiger partial charge on any atom is 0.305 e. The molecule has 2 saturated carbocycles. The van der Waals surface area contributed by atoms with Crippen molar-refractivity contribution in [2.45, 2.75) is 233 Å². The summed E-state index contributed by atoms with van der Waals surface area (Å²) in [6, 6.07) is 0. The molecule has 0 aliphatic heterocycles. The number of thioether (sulfide) groups is 1. The number of carbonyl (C=O) groups is 2. The Kier molecular flexibility index (Phi) is 25.7. The van der Waals surface area contributed by atoms with E-state index in [9.17, 15) is 9.59 Å². The van der Waals surface area contributed by atoms with Gasteiger partial charge in [-0.1, -0.05) is 222 Å². The van der Waals surface area contributed by atoms with E-state index in [1.54, 1.807) is 0 Å². The zero-order valence-corrected chi connectivity index (χ0v) is 49.7. The molecule has 4 aliphatic carbocycles. The molecule has 0 saturated heterocycles. The molecule has 0 aromatic carbocycles. The molecule has 4 bridgehead atoms. The summed E-state index contributed by atoms with van der Waals surface area (Å²) in [7, 11) is 0. The van der Waals surface area contributed by atoms with Gasteiger partial charge in [0.25, 0.3) is 0 Å². The summed E-state index contributed by atoms with van der Waals surface area (Å²) in [6.07, 6.45) is 23.0. The number of fused-ring (bicyclic) bond motifs is 4. The summed E-state index contributed by atoms with van der Waals surface area (Å²) >= 11 is 91.9. The summed E-state index contributed by atoms with van der Waals surface area (Å²) in [5, 5.41) is 0.368. The molecule has 388 valence electrons. The van der Waals surface area contributed by atoms with Crippen molar-refractivity contribution < 1.29 is 19.1 Å². The number of halogens is 12. The Labute approximate surface area is 468 Å². The first kappa shape index (κ1) is 61.8. The number of ether oxygens (including phenoxy) is 2. The predicted octanol–water partition coefficient (Wildman–Crippen LogP) is 19.9. The van der Waals surface area contributed by atoms with Crippen molar-refractivity contribution in [1.29, 1.82) is 0 Å². The normalized spacial score (nSPS) is 31.3. The van der Waals surface area contributed by atoms with Gasteiger partial charge in [-0.2, -0.15) is 11.8 Å². The quantitative estimate of drug-likeness (QED) is 0.0365. The number of hydrogen-bond donors (Lipinski definition) is 0. The SMILES string of the molecule is CCCCCCCCC1C(C(CCCCCCC(=O)OCC)SC(CCCCCCC(=O)OCC)C2C(CCCCCCCC)C3(Cl)C(Cl)=C(Cl)C2(Cl)C3(Cl)Cl)C2(Cl)C(Cl)=C(Cl)C1(Cl)C2(Cl)Cl. The third kappa shape index (κ3) is 12.6. The molecule has 10 unspecified atom stereocenters. The van der Waals surface area contributed by atoms with Gasteiger partial charge in [-0.25, -0.2) is 0 Å². The Morgan fingerprint density at radius 3 is 1.09 bits per heavy atom. The lowest BCUT2D eigenvalue weighted by molar-refractivity contribution is -0.144. The van der Waals surface area contributed by atoms with Crippen LogP contribution in [0, 0.1) is 23.7 Å². The van der Waals surface area contributed by atoms with Crippen LogP contribution < -0.4 is 0 Å². The summed E-state index contributed by atoms with van der Waals surface area (Å²) in [5.74, 6) is -1.86. The first-order chi connectivity index (χ1) is 31.7. The highest BCUT2D eigenvalue weighted by atomic mass is 35.5. The molecule has 4 rings (SSSR count). The smallest absolute Gasteiger partial charge is 0.305 e. The third-order valence-corrected chi connectivity index (χ3v) is 25.4. The zero-order valence-electron chi connectivity index (χ0n) is 39.8. The highest BCUT2D eigenvalue weighted by Gasteiger charge is 2.84. The molecule has 17 heteroatoms. The van der Waals surface area contributed by atoms with Crippen LogP contribution in [-0.4, -0.2) is 63.8 Å². The van der Waals surface area contributed by atoms with E-state index < -0.39 is 40.0 Å². The second-order valence-electron chi connectivity index (χ2n) is 19.4. The van der Waals surface area contributed by atoms with Crippen LogP contribution in [0.5, 0.6) is 0 Å². The largest absolute Gasteiger partial charge is 0.466 e. The van der Waals surface area contributed by atoms with Crippen molar-refractivity contribution in [3.05, 3.63) is 20.1 Å². The molecule has 0 N–H and O–H groups in total. The van der Waals surface area contributed by atoms with Crippen molar-refractivity contribution in [2.24, 2.45) is 23.7 Å². The van der Waals surface area contributed by atoms with E-state index in [4.69, 9.17) is 149 Å². The molecular formula is C50H74Cl12O4S. The highest BCUT2D eigenvalue weighted by Crippen LogP contribution is 2.80. The van der Waals surface area contributed by atoms with E-state index in [2.05, 4.69) is 13.8 Å². The maximum absolute atomic E-state index is 12.2. The second-order valence-corrected chi connectivity index (χ2v) is 27.4. The van der Waals surface area contributed by atoms with Crippen LogP contribution in [0.4, 0.5) is 0 Å². The average molecular weight is 1200 g/mol. The zero-order chi connectivity index (χ0) is 49.8. The van der Waals surface area contributed by atoms with Gasteiger partial charge in [0.2, 0.25) is 0 Å². The molecule has 4 nitrogen and oxygen atoms in total. The first-order valence-corrected chi connectivity index (χ1v) is 30.8. The van der Waals surface area contributed by atoms with E-state index >= 15 is 0 Å². The second kappa shape index (κ2) is 27.9. The van der Waals surface area contributed by atoms with Gasteiger partial charge < -0.3 is 9.47 Å². The minimum atomic E-state index is -1.73. The van der Waals surface area contributed by atoms with E-state index in [1.807, 2.05) is 25.6 Å². The summed E-state index contributed by atoms with van der Waals surface area (Å²) in [5.41, 5.74) is 0. The summed E-state index contributed by atoms with van der Waals surface area (Å²) in [4.78, 5) is 18.6. The predicted molar refractivity (Wildman–Crippen MR) is 294 cm³/mol. The van der Waals surface area contributed by atoms with Gasteiger partial charge >= 0.3 is 11.9 Å². The Morgan fingerprint density at radius 1 is 0.448 bits per heavy atom. The van der Waals surface area contributed by atoms with Crippen LogP contribution in [0.3, 0.4) is 0 Å². The number of esters is 2. The standard InChI is InChI=1S/C50H74Cl12O4S/c1-5-9-11-13-15-21-27-33-39(47(57)43(53)41(51)45(33,55)49(47,59)60)35(29-23-17-19-25-31-37(63)65-7-3)67-36(30-24-18-20-26-32-38(64)66-8-4)40-34(28-22-16-14-12-10-6-2)46(56)42(52)44(54)48(40,58)50(46,61)62/h33-36,39-40H,5-32H2,1-4H3. The van der Waals surface area contributed by atoms with Gasteiger partial charge in [-0.3, -0.25) is 9.59 Å². The monoisotopic (exact) mass is 1190 g/mol. The molecule has 0 radical (unpaired) electrons. The fourth-order valence-electron chi connectivity index (χ4n) is 11.6. The topological polar surface area (TPSA) is 52.6 Å². The fourth-order valence-corrected chi connectivity index (χ4v) is 20.2. The van der Waals surface area contributed by atoms with Gasteiger partial charge in [0.05, 0.1) is 33.3 Å². The van der Waals surface area contributed by atoms with Gasteiger partial charge in [-0.15, -0.1) is 46.4 Å². The molecule has 4 aliphatic rings. The molecule has 0 aromatic rings. The van der Waals surface area contributed by atoms with Crippen LogP contribution in [0.25, 0.3) is 0 Å². The Balaban J connectivity index is 1.81. The Hall–Kier alpha value is 2.25. The Bertz CT molecular complexity index is 1560. The van der Waals surface area contributed by atoms with Crippen LogP contribution in [0.1, 0.15) is 195 Å².